The quantitative estimate of drug-likeness (QED) is 0.663. The van der Waals surface area contributed by atoms with E-state index in [-0.39, 0.29) is 10.5 Å². The predicted molar refractivity (Wildman–Crippen MR) is 48.1 cm³/mol. The van der Waals surface area contributed by atoms with Gasteiger partial charge >= 0.3 is 6.18 Å². The average Bonchev–Trinajstić information content (AvgIpc) is 2.06. The number of aryl methyl sites for hydroxylation is 1. The van der Waals surface area contributed by atoms with Gasteiger partial charge in [0.25, 0.3) is 0 Å². The van der Waals surface area contributed by atoms with Crippen LogP contribution in [-0.4, -0.2) is 0 Å². The zero-order valence-electron chi connectivity index (χ0n) is 7.18. The normalized spacial score (nSPS) is 11.1. The molecule has 0 bridgehead atoms. The van der Waals surface area contributed by atoms with Crippen molar-refractivity contribution >= 4 is 12.6 Å². The van der Waals surface area contributed by atoms with Gasteiger partial charge in [-0.2, -0.15) is 18.4 Å². The minimum absolute atomic E-state index is 0.0549. The van der Waals surface area contributed by atoms with Crippen LogP contribution in [-0.2, 0) is 6.18 Å². The van der Waals surface area contributed by atoms with Gasteiger partial charge in [-0.25, -0.2) is 0 Å². The maximum absolute atomic E-state index is 12.4. The molecule has 0 aliphatic heterocycles. The van der Waals surface area contributed by atoms with E-state index >= 15 is 0 Å². The Balaban J connectivity index is 3.47. The monoisotopic (exact) mass is 217 g/mol. The van der Waals surface area contributed by atoms with Crippen LogP contribution in [0.15, 0.2) is 17.0 Å². The van der Waals surface area contributed by atoms with Crippen molar-refractivity contribution < 1.29 is 13.2 Å². The fourth-order valence-corrected chi connectivity index (χ4v) is 1.39. The van der Waals surface area contributed by atoms with Gasteiger partial charge in [0.1, 0.15) is 6.07 Å². The first-order valence-electron chi connectivity index (χ1n) is 3.67. The van der Waals surface area contributed by atoms with Gasteiger partial charge < -0.3 is 0 Å². The van der Waals surface area contributed by atoms with Gasteiger partial charge in [0.2, 0.25) is 0 Å². The van der Waals surface area contributed by atoms with Crippen molar-refractivity contribution in [3.63, 3.8) is 0 Å². The van der Waals surface area contributed by atoms with E-state index in [1.165, 1.54) is 13.0 Å². The third-order valence-electron chi connectivity index (χ3n) is 1.68. The fraction of sp³-hybridized carbons (Fsp3) is 0.222. The molecule has 0 heterocycles. The van der Waals surface area contributed by atoms with Crippen molar-refractivity contribution in [3.05, 3.63) is 28.8 Å². The number of rotatable bonds is 0. The summed E-state index contributed by atoms with van der Waals surface area (Å²) in [6.45, 7) is 1.50. The molecule has 74 valence electrons. The number of alkyl halides is 3. The van der Waals surface area contributed by atoms with Crippen molar-refractivity contribution in [1.82, 2.24) is 0 Å². The minimum atomic E-state index is -4.46. The number of halogens is 3. The summed E-state index contributed by atoms with van der Waals surface area (Å²) in [5.41, 5.74) is -0.523. The highest BCUT2D eigenvalue weighted by Crippen LogP contribution is 2.35. The summed E-state index contributed by atoms with van der Waals surface area (Å²) < 4.78 is 37.2. The predicted octanol–water partition coefficient (Wildman–Crippen LogP) is 3.17. The lowest BCUT2D eigenvalue weighted by Gasteiger charge is -2.11. The molecule has 0 amide bonds. The van der Waals surface area contributed by atoms with Gasteiger partial charge in [0, 0.05) is 4.90 Å². The van der Waals surface area contributed by atoms with Crippen LogP contribution in [0.1, 0.15) is 16.7 Å². The second-order valence-electron chi connectivity index (χ2n) is 2.82. The molecule has 0 atom stereocenters. The van der Waals surface area contributed by atoms with E-state index in [1.54, 1.807) is 6.07 Å². The number of benzene rings is 1. The van der Waals surface area contributed by atoms with Crippen LogP contribution in [0.25, 0.3) is 0 Å². The first kappa shape index (κ1) is 10.9. The minimum Gasteiger partial charge on any atom is -0.192 e. The first-order chi connectivity index (χ1) is 6.36. The van der Waals surface area contributed by atoms with Gasteiger partial charge in [-0.1, -0.05) is 0 Å². The second kappa shape index (κ2) is 3.54. The van der Waals surface area contributed by atoms with Gasteiger partial charge in [0.15, 0.2) is 0 Å². The second-order valence-corrected chi connectivity index (χ2v) is 3.27. The molecule has 1 aromatic rings. The molecule has 5 heteroatoms. The Labute approximate surface area is 84.6 Å². The number of hydrogen-bond acceptors (Lipinski definition) is 2. The van der Waals surface area contributed by atoms with Crippen molar-refractivity contribution in [2.45, 2.75) is 18.0 Å². The zero-order chi connectivity index (χ0) is 10.9. The Bertz CT molecular complexity index is 404. The number of nitrogens with zero attached hydrogens (tertiary/aromatic N) is 1. The van der Waals surface area contributed by atoms with Crippen LogP contribution >= 0.6 is 12.6 Å². The Hall–Kier alpha value is -1.15. The van der Waals surface area contributed by atoms with Crippen molar-refractivity contribution in [2.24, 2.45) is 0 Å². The van der Waals surface area contributed by atoms with E-state index in [9.17, 15) is 13.2 Å². The molecule has 0 spiro atoms. The third-order valence-corrected chi connectivity index (χ3v) is 2.16. The molecular weight excluding hydrogens is 211 g/mol. The van der Waals surface area contributed by atoms with Gasteiger partial charge in [-0.15, -0.1) is 12.6 Å². The van der Waals surface area contributed by atoms with Gasteiger partial charge in [-0.05, 0) is 24.6 Å². The fourth-order valence-electron chi connectivity index (χ4n) is 1.08. The van der Waals surface area contributed by atoms with Gasteiger partial charge in [-0.3, -0.25) is 0 Å². The van der Waals surface area contributed by atoms with E-state index < -0.39 is 11.7 Å². The van der Waals surface area contributed by atoms with Gasteiger partial charge in [0.05, 0.1) is 11.1 Å². The molecule has 14 heavy (non-hydrogen) atoms. The summed E-state index contributed by atoms with van der Waals surface area (Å²) in [4.78, 5) is -0.314. The van der Waals surface area contributed by atoms with E-state index in [1.807, 2.05) is 0 Å². The van der Waals surface area contributed by atoms with Crippen LogP contribution in [0.3, 0.4) is 0 Å². The number of nitriles is 1. The molecule has 0 N–H and O–H groups in total. The lowest BCUT2D eigenvalue weighted by Crippen LogP contribution is -2.07. The average molecular weight is 217 g/mol. The summed E-state index contributed by atoms with van der Waals surface area (Å²) in [6.07, 6.45) is -4.46. The Kier molecular flexibility index (Phi) is 2.76. The molecule has 0 saturated heterocycles. The summed E-state index contributed by atoms with van der Waals surface area (Å²) in [7, 11) is 0. The van der Waals surface area contributed by atoms with E-state index in [2.05, 4.69) is 12.6 Å². The van der Waals surface area contributed by atoms with Crippen LogP contribution in [0.5, 0.6) is 0 Å². The Morgan fingerprint density at radius 3 is 2.36 bits per heavy atom. The zero-order valence-corrected chi connectivity index (χ0v) is 8.08. The highest BCUT2D eigenvalue weighted by atomic mass is 32.1. The van der Waals surface area contributed by atoms with Crippen molar-refractivity contribution in [3.8, 4) is 6.07 Å². The molecule has 0 unspecified atom stereocenters. The third kappa shape index (κ3) is 2.02. The molecule has 0 aliphatic carbocycles. The highest BCUT2D eigenvalue weighted by molar-refractivity contribution is 7.80. The van der Waals surface area contributed by atoms with E-state index in [0.717, 1.165) is 6.07 Å². The maximum atomic E-state index is 12.4. The molecule has 0 radical (unpaired) electrons. The lowest BCUT2D eigenvalue weighted by atomic mass is 10.1. The molecule has 0 aromatic heterocycles. The standard InChI is InChI=1S/C9H6F3NS/c1-5-2-6(4-13)8(14)7(3-5)9(10,11)12/h2-3,14H,1H3. The summed E-state index contributed by atoms with van der Waals surface area (Å²) in [5, 5.41) is 8.57. The largest absolute Gasteiger partial charge is 0.417 e. The van der Waals surface area contributed by atoms with E-state index in [0.29, 0.717) is 5.56 Å². The number of thiol groups is 1. The molecular formula is C9H6F3NS. The molecule has 0 aliphatic rings. The van der Waals surface area contributed by atoms with Crippen molar-refractivity contribution in [1.29, 1.82) is 5.26 Å². The SMILES string of the molecule is Cc1cc(C#N)c(S)c(C(F)(F)F)c1. The number of hydrogen-bond donors (Lipinski definition) is 1. The summed E-state index contributed by atoms with van der Waals surface area (Å²) in [5.74, 6) is 0. The molecule has 1 nitrogen and oxygen atoms in total. The lowest BCUT2D eigenvalue weighted by molar-refractivity contribution is -0.139. The van der Waals surface area contributed by atoms with Crippen LogP contribution in [0.4, 0.5) is 13.2 Å². The molecule has 0 saturated carbocycles. The summed E-state index contributed by atoms with van der Waals surface area (Å²) in [6, 6.07) is 4.02. The smallest absolute Gasteiger partial charge is 0.192 e. The van der Waals surface area contributed by atoms with Crippen molar-refractivity contribution in [2.75, 3.05) is 0 Å². The van der Waals surface area contributed by atoms with Crippen LogP contribution in [0.2, 0.25) is 0 Å². The Morgan fingerprint density at radius 1 is 1.36 bits per heavy atom. The molecule has 1 rings (SSSR count). The first-order valence-corrected chi connectivity index (χ1v) is 4.12. The highest BCUT2D eigenvalue weighted by Gasteiger charge is 2.33. The topological polar surface area (TPSA) is 23.8 Å². The van der Waals surface area contributed by atoms with Crippen LogP contribution in [0, 0.1) is 18.3 Å². The van der Waals surface area contributed by atoms with Crippen LogP contribution < -0.4 is 0 Å². The molecule has 1 aromatic carbocycles. The molecule has 0 fully saturated rings. The summed E-state index contributed by atoms with van der Waals surface area (Å²) >= 11 is 3.69. The Morgan fingerprint density at radius 2 is 1.93 bits per heavy atom. The maximum Gasteiger partial charge on any atom is 0.417 e. The van der Waals surface area contributed by atoms with E-state index in [4.69, 9.17) is 5.26 Å².